The van der Waals surface area contributed by atoms with E-state index in [1.165, 1.54) is 0 Å². The van der Waals surface area contributed by atoms with Crippen molar-refractivity contribution in [2.45, 2.75) is 25.3 Å². The number of hydrogen-bond donors (Lipinski definition) is 1. The summed E-state index contributed by atoms with van der Waals surface area (Å²) in [7, 11) is 0. The third-order valence-corrected chi connectivity index (χ3v) is 8.48. The van der Waals surface area contributed by atoms with E-state index in [2.05, 4.69) is 10.2 Å². The summed E-state index contributed by atoms with van der Waals surface area (Å²) in [4.78, 5) is 57.0. The lowest BCUT2D eigenvalue weighted by Crippen LogP contribution is -2.68. The van der Waals surface area contributed by atoms with E-state index in [4.69, 9.17) is 9.47 Å². The van der Waals surface area contributed by atoms with Gasteiger partial charge in [0.2, 0.25) is 12.7 Å². The first-order valence-corrected chi connectivity index (χ1v) is 13.5. The number of urea groups is 1. The van der Waals surface area contributed by atoms with Crippen LogP contribution >= 0.6 is 0 Å². The molecule has 0 radical (unpaired) electrons. The van der Waals surface area contributed by atoms with Crippen molar-refractivity contribution < 1.29 is 23.9 Å². The maximum absolute atomic E-state index is 14.4. The minimum Gasteiger partial charge on any atom is -0.454 e. The molecule has 10 nitrogen and oxygen atoms in total. The third kappa shape index (κ3) is 3.98. The van der Waals surface area contributed by atoms with Crippen LogP contribution in [0.25, 0.3) is 0 Å². The van der Waals surface area contributed by atoms with Crippen LogP contribution in [0.2, 0.25) is 0 Å². The quantitative estimate of drug-likeness (QED) is 0.495. The van der Waals surface area contributed by atoms with Crippen LogP contribution in [-0.2, 0) is 22.6 Å². The lowest BCUT2D eigenvalue weighted by atomic mass is 9.75. The number of ether oxygens (including phenoxy) is 2. The molecular weight excluding hydrogens is 512 g/mol. The van der Waals surface area contributed by atoms with E-state index in [0.717, 1.165) is 22.6 Å². The van der Waals surface area contributed by atoms with Gasteiger partial charge < -0.3 is 18.9 Å². The Kier molecular flexibility index (Phi) is 5.74. The Morgan fingerprint density at radius 1 is 0.875 bits per heavy atom. The second-order valence-corrected chi connectivity index (χ2v) is 11.1. The van der Waals surface area contributed by atoms with E-state index in [0.29, 0.717) is 36.8 Å². The van der Waals surface area contributed by atoms with Crippen molar-refractivity contribution in [3.05, 3.63) is 88.3 Å². The molecule has 7 rings (SSSR count). The van der Waals surface area contributed by atoms with Crippen molar-refractivity contribution in [1.82, 2.24) is 14.8 Å². The predicted molar refractivity (Wildman–Crippen MR) is 144 cm³/mol. The lowest BCUT2D eigenvalue weighted by Gasteiger charge is -2.47. The molecule has 2 saturated heterocycles. The van der Waals surface area contributed by atoms with E-state index in [-0.39, 0.29) is 37.2 Å². The molecule has 40 heavy (non-hydrogen) atoms. The molecule has 0 saturated carbocycles. The van der Waals surface area contributed by atoms with Crippen LogP contribution in [0.15, 0.2) is 71.5 Å². The number of barbiturate groups is 1. The summed E-state index contributed by atoms with van der Waals surface area (Å²) < 4.78 is 12.9. The Bertz CT molecular complexity index is 1590. The van der Waals surface area contributed by atoms with Crippen LogP contribution < -0.4 is 25.2 Å². The van der Waals surface area contributed by atoms with Crippen LogP contribution in [0.4, 0.5) is 10.5 Å². The number of piperidine rings is 1. The highest BCUT2D eigenvalue weighted by atomic mass is 16.7. The first-order valence-electron chi connectivity index (χ1n) is 13.5. The molecule has 5 heterocycles. The number of fused-ring (bicyclic) bond motifs is 5. The Labute approximate surface area is 230 Å². The Morgan fingerprint density at radius 2 is 1.70 bits per heavy atom. The van der Waals surface area contributed by atoms with Gasteiger partial charge in [0, 0.05) is 43.9 Å². The molecule has 3 atom stereocenters. The average Bonchev–Trinajstić information content (AvgIpc) is 3.41. The summed E-state index contributed by atoms with van der Waals surface area (Å²) in [5, 5.41) is 2.48. The van der Waals surface area contributed by atoms with Gasteiger partial charge in [-0.25, -0.2) is 9.69 Å². The van der Waals surface area contributed by atoms with E-state index >= 15 is 0 Å². The average molecular weight is 541 g/mol. The highest BCUT2D eigenvalue weighted by molar-refractivity contribution is 6.30. The molecule has 0 spiro atoms. The number of pyridine rings is 1. The van der Waals surface area contributed by atoms with E-state index in [9.17, 15) is 19.2 Å². The molecule has 10 heteroatoms. The van der Waals surface area contributed by atoms with Crippen molar-refractivity contribution in [3.63, 3.8) is 0 Å². The zero-order chi connectivity index (χ0) is 27.4. The minimum atomic E-state index is -1.57. The molecule has 1 N–H and O–H groups in total. The number of carbonyl (C=O) groups excluding carboxylic acids is 3. The van der Waals surface area contributed by atoms with Gasteiger partial charge >= 0.3 is 6.03 Å². The van der Waals surface area contributed by atoms with E-state index < -0.39 is 23.3 Å². The van der Waals surface area contributed by atoms with E-state index in [1.807, 2.05) is 16.7 Å². The second kappa shape index (κ2) is 9.34. The fraction of sp³-hybridized carbons (Fsp3) is 0.333. The van der Waals surface area contributed by atoms with Gasteiger partial charge in [-0.3, -0.25) is 19.7 Å². The smallest absolute Gasteiger partial charge is 0.335 e. The minimum absolute atomic E-state index is 0.00113. The summed E-state index contributed by atoms with van der Waals surface area (Å²) in [5.41, 5.74) is 0.539. The van der Waals surface area contributed by atoms with Crippen molar-refractivity contribution in [3.8, 4) is 11.5 Å². The fourth-order valence-corrected chi connectivity index (χ4v) is 6.74. The number of amides is 4. The molecule has 0 aliphatic carbocycles. The zero-order valence-corrected chi connectivity index (χ0v) is 21.7. The number of aromatic nitrogens is 1. The molecule has 4 aliphatic heterocycles. The first-order chi connectivity index (χ1) is 19.4. The highest BCUT2D eigenvalue weighted by Gasteiger charge is 2.56. The SMILES string of the molecule is O=C1NC(=O)[C@](Cc2ccc3c(c2)OCO3)(CN2C[C@H]3C[C@@H](C2)c2cccc(=O)n2C3)C(=O)N1c1ccccc1. The predicted octanol–water partition coefficient (Wildman–Crippen LogP) is 2.51. The van der Waals surface area contributed by atoms with Crippen molar-refractivity contribution in [2.75, 3.05) is 31.3 Å². The number of hydrogen-bond acceptors (Lipinski definition) is 7. The molecule has 2 bridgehead atoms. The largest absolute Gasteiger partial charge is 0.454 e. The molecule has 3 aromatic rings. The number of nitrogens with one attached hydrogen (secondary N) is 1. The van der Waals surface area contributed by atoms with Crippen LogP contribution in [0.5, 0.6) is 11.5 Å². The molecular formula is C30H28N4O6. The number of anilines is 1. The summed E-state index contributed by atoms with van der Waals surface area (Å²) >= 11 is 0. The number of para-hydroxylation sites is 1. The maximum atomic E-state index is 14.4. The van der Waals surface area contributed by atoms with E-state index in [1.54, 1.807) is 54.6 Å². The molecule has 1 aromatic heterocycles. The first kappa shape index (κ1) is 24.6. The van der Waals surface area contributed by atoms with Gasteiger partial charge in [-0.1, -0.05) is 30.3 Å². The van der Waals surface area contributed by atoms with Crippen LogP contribution in [-0.4, -0.2) is 53.7 Å². The second-order valence-electron chi connectivity index (χ2n) is 11.1. The molecule has 204 valence electrons. The number of carbonyl (C=O) groups is 3. The highest BCUT2D eigenvalue weighted by Crippen LogP contribution is 2.40. The number of benzene rings is 2. The monoisotopic (exact) mass is 540 g/mol. The van der Waals surface area contributed by atoms with Gasteiger partial charge in [-0.2, -0.15) is 0 Å². The molecule has 4 aliphatic rings. The van der Waals surface area contributed by atoms with Crippen LogP contribution in [0.1, 0.15) is 23.6 Å². The number of nitrogens with zero attached hydrogens (tertiary/aromatic N) is 3. The Balaban J connectivity index is 1.27. The van der Waals surface area contributed by atoms with Crippen molar-refractivity contribution >= 4 is 23.5 Å². The Hall–Kier alpha value is -4.44. The van der Waals surface area contributed by atoms with Crippen LogP contribution in [0, 0.1) is 11.3 Å². The van der Waals surface area contributed by atoms with Gasteiger partial charge in [0.1, 0.15) is 5.41 Å². The summed E-state index contributed by atoms with van der Waals surface area (Å²) in [6.45, 7) is 2.09. The molecule has 2 fully saturated rings. The summed E-state index contributed by atoms with van der Waals surface area (Å²) in [6.07, 6.45) is 1.02. The van der Waals surface area contributed by atoms with Crippen molar-refractivity contribution in [2.24, 2.45) is 11.3 Å². The topological polar surface area (TPSA) is 110 Å². The molecule has 2 aromatic carbocycles. The summed E-state index contributed by atoms with van der Waals surface area (Å²) in [6, 6.07) is 18.7. The summed E-state index contributed by atoms with van der Waals surface area (Å²) in [5.74, 6) is 0.315. The molecule has 0 unspecified atom stereocenters. The van der Waals surface area contributed by atoms with Gasteiger partial charge in [0.05, 0.1) is 5.69 Å². The van der Waals surface area contributed by atoms with Gasteiger partial charge in [0.15, 0.2) is 11.5 Å². The fourth-order valence-electron chi connectivity index (χ4n) is 6.74. The number of rotatable bonds is 5. The number of imide groups is 2. The zero-order valence-electron chi connectivity index (χ0n) is 21.7. The van der Waals surface area contributed by atoms with Gasteiger partial charge in [-0.05, 0) is 54.7 Å². The standard InChI is InChI=1S/C30H28N4O6/c35-26-8-4-7-23-21-11-20(15-33(23)26)14-32(16-21)17-30(13-19-9-10-24-25(12-19)40-18-39-24)27(36)31-29(38)34(28(30)37)22-5-2-1-3-6-22/h1-10,12,20-21H,11,13-18H2,(H,31,36,38)/t20-,21+,30+/m1/s1. The molecule has 4 amide bonds. The van der Waals surface area contributed by atoms with Gasteiger partial charge in [0.25, 0.3) is 11.5 Å². The normalized spacial score (nSPS) is 25.5. The maximum Gasteiger partial charge on any atom is 0.335 e. The van der Waals surface area contributed by atoms with Gasteiger partial charge in [-0.15, -0.1) is 0 Å². The third-order valence-electron chi connectivity index (χ3n) is 8.48. The van der Waals surface area contributed by atoms with Crippen LogP contribution in [0.3, 0.4) is 0 Å². The Morgan fingerprint density at radius 3 is 2.55 bits per heavy atom. The number of likely N-dealkylation sites (tertiary alicyclic amines) is 1. The lowest BCUT2D eigenvalue weighted by molar-refractivity contribution is -0.144. The van der Waals surface area contributed by atoms with Crippen molar-refractivity contribution in [1.29, 1.82) is 0 Å².